The number of hydrogen-bond donors (Lipinski definition) is 2. The van der Waals surface area contributed by atoms with Gasteiger partial charge in [-0.2, -0.15) is 5.26 Å². The topological polar surface area (TPSA) is 56.0 Å². The third-order valence-corrected chi connectivity index (χ3v) is 2.83. The number of aliphatic hydroxyl groups is 1. The Morgan fingerprint density at radius 3 is 2.81 bits per heavy atom. The molecule has 3 heteroatoms. The van der Waals surface area contributed by atoms with Gasteiger partial charge in [0.1, 0.15) is 0 Å². The molecule has 2 unspecified atom stereocenters. The maximum absolute atomic E-state index is 9.00. The first-order valence-electron chi connectivity index (χ1n) is 5.50. The fraction of sp³-hybridized carbons (Fsp3) is 0.462. The Hall–Kier alpha value is -1.37. The van der Waals surface area contributed by atoms with E-state index in [4.69, 9.17) is 10.4 Å². The van der Waals surface area contributed by atoms with Crippen molar-refractivity contribution in [1.29, 1.82) is 5.26 Å². The van der Waals surface area contributed by atoms with Gasteiger partial charge in [0.05, 0.1) is 11.6 Å². The molecule has 0 bridgehead atoms. The number of aliphatic hydroxyl groups excluding tert-OH is 1. The van der Waals surface area contributed by atoms with E-state index in [-0.39, 0.29) is 18.6 Å². The van der Waals surface area contributed by atoms with Crippen LogP contribution in [0.4, 0.5) is 0 Å². The lowest BCUT2D eigenvalue weighted by Crippen LogP contribution is -2.33. The van der Waals surface area contributed by atoms with E-state index >= 15 is 0 Å². The molecule has 0 spiro atoms. The number of nitrogens with zero attached hydrogens (tertiary/aromatic N) is 1. The Kier molecular flexibility index (Phi) is 4.97. The second-order valence-electron chi connectivity index (χ2n) is 4.14. The number of benzene rings is 1. The standard InChI is InChI=1S/C13H18N2O/c1-10(9-16)11(2)15-8-13-5-3-4-12(6-13)7-14/h3-6,10-11,15-16H,8-9H2,1-2H3. The van der Waals surface area contributed by atoms with Gasteiger partial charge in [-0.25, -0.2) is 0 Å². The molecule has 1 rings (SSSR count). The first-order valence-corrected chi connectivity index (χ1v) is 5.50. The summed E-state index contributed by atoms with van der Waals surface area (Å²) in [6.07, 6.45) is 0. The molecule has 1 aromatic carbocycles. The Labute approximate surface area is 96.7 Å². The Bertz CT molecular complexity index is 370. The predicted octanol–water partition coefficient (Wildman–Crippen LogP) is 1.66. The number of nitrogens with one attached hydrogen (secondary N) is 1. The lowest BCUT2D eigenvalue weighted by Gasteiger charge is -2.19. The highest BCUT2D eigenvalue weighted by atomic mass is 16.3. The van der Waals surface area contributed by atoms with Crippen LogP contribution in [0, 0.1) is 17.2 Å². The summed E-state index contributed by atoms with van der Waals surface area (Å²) < 4.78 is 0. The molecule has 0 amide bonds. The average molecular weight is 218 g/mol. The number of rotatable bonds is 5. The lowest BCUT2D eigenvalue weighted by atomic mass is 10.0. The zero-order valence-electron chi connectivity index (χ0n) is 9.77. The summed E-state index contributed by atoms with van der Waals surface area (Å²) in [4.78, 5) is 0. The van der Waals surface area contributed by atoms with Gasteiger partial charge in [-0.1, -0.05) is 19.1 Å². The molecule has 2 N–H and O–H groups in total. The smallest absolute Gasteiger partial charge is 0.0991 e. The van der Waals surface area contributed by atoms with Crippen LogP contribution in [0.15, 0.2) is 24.3 Å². The fourth-order valence-corrected chi connectivity index (χ4v) is 1.39. The second kappa shape index (κ2) is 6.26. The van der Waals surface area contributed by atoms with E-state index in [2.05, 4.69) is 18.3 Å². The van der Waals surface area contributed by atoms with Crippen molar-refractivity contribution in [2.24, 2.45) is 5.92 Å². The lowest BCUT2D eigenvalue weighted by molar-refractivity contribution is 0.207. The van der Waals surface area contributed by atoms with Gasteiger partial charge in [0.25, 0.3) is 0 Å². The Morgan fingerprint density at radius 2 is 2.19 bits per heavy atom. The van der Waals surface area contributed by atoms with Crippen LogP contribution in [0.5, 0.6) is 0 Å². The molecule has 0 aliphatic rings. The van der Waals surface area contributed by atoms with Crippen molar-refractivity contribution < 1.29 is 5.11 Å². The molecular formula is C13H18N2O. The maximum Gasteiger partial charge on any atom is 0.0991 e. The van der Waals surface area contributed by atoms with Crippen LogP contribution in [0.25, 0.3) is 0 Å². The summed E-state index contributed by atoms with van der Waals surface area (Å²) >= 11 is 0. The van der Waals surface area contributed by atoms with Crippen molar-refractivity contribution in [1.82, 2.24) is 5.32 Å². The van der Waals surface area contributed by atoms with Crippen LogP contribution in [-0.2, 0) is 6.54 Å². The van der Waals surface area contributed by atoms with E-state index in [1.807, 2.05) is 25.1 Å². The van der Waals surface area contributed by atoms with Gasteiger partial charge >= 0.3 is 0 Å². The van der Waals surface area contributed by atoms with Gasteiger partial charge in [-0.05, 0) is 30.5 Å². The first kappa shape index (κ1) is 12.7. The van der Waals surface area contributed by atoms with E-state index in [1.165, 1.54) is 0 Å². The molecule has 0 fully saturated rings. The van der Waals surface area contributed by atoms with Crippen LogP contribution in [0.1, 0.15) is 25.0 Å². The minimum Gasteiger partial charge on any atom is -0.396 e. The van der Waals surface area contributed by atoms with Crippen molar-refractivity contribution in [3.8, 4) is 6.07 Å². The molecule has 0 heterocycles. The van der Waals surface area contributed by atoms with Crippen LogP contribution in [-0.4, -0.2) is 17.8 Å². The van der Waals surface area contributed by atoms with Crippen LogP contribution >= 0.6 is 0 Å². The summed E-state index contributed by atoms with van der Waals surface area (Å²) in [5.41, 5.74) is 1.78. The summed E-state index contributed by atoms with van der Waals surface area (Å²) in [5, 5.41) is 21.1. The van der Waals surface area contributed by atoms with Gasteiger partial charge in [-0.15, -0.1) is 0 Å². The number of hydrogen-bond acceptors (Lipinski definition) is 3. The third kappa shape index (κ3) is 3.65. The van der Waals surface area contributed by atoms with E-state index in [0.717, 1.165) is 12.1 Å². The molecule has 0 aliphatic carbocycles. The van der Waals surface area contributed by atoms with Crippen molar-refractivity contribution in [2.75, 3.05) is 6.61 Å². The van der Waals surface area contributed by atoms with Crippen molar-refractivity contribution >= 4 is 0 Å². The Morgan fingerprint density at radius 1 is 1.44 bits per heavy atom. The molecule has 0 saturated carbocycles. The highest BCUT2D eigenvalue weighted by Gasteiger charge is 2.09. The Balaban J connectivity index is 2.51. The van der Waals surface area contributed by atoms with Gasteiger partial charge in [0.2, 0.25) is 0 Å². The normalized spacial score (nSPS) is 14.1. The van der Waals surface area contributed by atoms with Crippen molar-refractivity contribution in [3.05, 3.63) is 35.4 Å². The molecule has 3 nitrogen and oxygen atoms in total. The fourth-order valence-electron chi connectivity index (χ4n) is 1.39. The number of nitriles is 1. The summed E-state index contributed by atoms with van der Waals surface area (Å²) in [7, 11) is 0. The van der Waals surface area contributed by atoms with Gasteiger partial charge in [-0.3, -0.25) is 0 Å². The minimum absolute atomic E-state index is 0.187. The monoisotopic (exact) mass is 218 g/mol. The molecule has 0 aromatic heterocycles. The molecule has 0 aliphatic heterocycles. The summed E-state index contributed by atoms with van der Waals surface area (Å²) in [6.45, 7) is 4.96. The zero-order chi connectivity index (χ0) is 12.0. The van der Waals surface area contributed by atoms with Gasteiger partial charge in [0.15, 0.2) is 0 Å². The average Bonchev–Trinajstić information content (AvgIpc) is 2.35. The van der Waals surface area contributed by atoms with E-state index in [9.17, 15) is 0 Å². The molecule has 0 radical (unpaired) electrons. The quantitative estimate of drug-likeness (QED) is 0.790. The van der Waals surface area contributed by atoms with Gasteiger partial charge < -0.3 is 10.4 Å². The molecular weight excluding hydrogens is 200 g/mol. The van der Waals surface area contributed by atoms with Gasteiger partial charge in [0, 0.05) is 19.2 Å². The molecule has 16 heavy (non-hydrogen) atoms. The van der Waals surface area contributed by atoms with Crippen molar-refractivity contribution in [3.63, 3.8) is 0 Å². The summed E-state index contributed by atoms with van der Waals surface area (Å²) in [6, 6.07) is 9.93. The van der Waals surface area contributed by atoms with Crippen LogP contribution < -0.4 is 5.32 Å². The molecule has 86 valence electrons. The molecule has 0 saturated heterocycles. The van der Waals surface area contributed by atoms with E-state index in [1.54, 1.807) is 6.07 Å². The van der Waals surface area contributed by atoms with E-state index < -0.39 is 0 Å². The van der Waals surface area contributed by atoms with Crippen molar-refractivity contribution in [2.45, 2.75) is 26.4 Å². The van der Waals surface area contributed by atoms with Crippen LogP contribution in [0.3, 0.4) is 0 Å². The zero-order valence-corrected chi connectivity index (χ0v) is 9.77. The predicted molar refractivity (Wildman–Crippen MR) is 63.7 cm³/mol. The van der Waals surface area contributed by atoms with E-state index in [0.29, 0.717) is 5.56 Å². The van der Waals surface area contributed by atoms with Crippen LogP contribution in [0.2, 0.25) is 0 Å². The molecule has 1 aromatic rings. The molecule has 2 atom stereocenters. The second-order valence-corrected chi connectivity index (χ2v) is 4.14. The highest BCUT2D eigenvalue weighted by Crippen LogP contribution is 2.06. The minimum atomic E-state index is 0.187. The first-order chi connectivity index (χ1) is 7.67. The summed E-state index contributed by atoms with van der Waals surface area (Å²) in [5.74, 6) is 0.235. The highest BCUT2D eigenvalue weighted by molar-refractivity contribution is 5.32. The largest absolute Gasteiger partial charge is 0.396 e. The SMILES string of the molecule is CC(CO)C(C)NCc1cccc(C#N)c1. The maximum atomic E-state index is 9.00. The third-order valence-electron chi connectivity index (χ3n) is 2.83.